The van der Waals surface area contributed by atoms with Crippen LogP contribution < -0.4 is 5.32 Å². The van der Waals surface area contributed by atoms with Crippen LogP contribution in [0.5, 0.6) is 0 Å². The molecule has 0 saturated carbocycles. The van der Waals surface area contributed by atoms with E-state index in [1.54, 1.807) is 0 Å². The molecule has 0 radical (unpaired) electrons. The molecule has 102 valence electrons. The van der Waals surface area contributed by atoms with Crippen molar-refractivity contribution in [3.05, 3.63) is 29.6 Å². The highest BCUT2D eigenvalue weighted by Gasteiger charge is 2.16. The second-order valence-electron chi connectivity index (χ2n) is 6.00. The molecule has 0 amide bonds. The van der Waals surface area contributed by atoms with Gasteiger partial charge in [0.1, 0.15) is 5.82 Å². The average molecular weight is 257 g/mol. The third kappa shape index (κ3) is 2.66. The number of benzene rings is 1. The second-order valence-corrected chi connectivity index (χ2v) is 6.00. The smallest absolute Gasteiger partial charge is 0.107 e. The fraction of sp³-hybridized carbons (Fsp3) is 0.562. The molecule has 1 aromatic heterocycles. The Labute approximate surface area is 114 Å². The Morgan fingerprint density at radius 3 is 3.00 bits per heavy atom. The van der Waals surface area contributed by atoms with Crippen LogP contribution in [0.15, 0.2) is 18.2 Å². The summed E-state index contributed by atoms with van der Waals surface area (Å²) in [6.07, 6.45) is 3.68. The summed E-state index contributed by atoms with van der Waals surface area (Å²) in [7, 11) is 0. The zero-order valence-corrected chi connectivity index (χ0v) is 11.9. The average Bonchev–Trinajstić information content (AvgIpc) is 2.81. The van der Waals surface area contributed by atoms with E-state index in [0.717, 1.165) is 30.2 Å². The predicted octanol–water partition coefficient (Wildman–Crippen LogP) is 3.23. The molecule has 2 heterocycles. The van der Waals surface area contributed by atoms with Crippen molar-refractivity contribution in [1.82, 2.24) is 15.3 Å². The van der Waals surface area contributed by atoms with Crippen LogP contribution in [-0.2, 0) is 6.42 Å². The SMILES string of the molecule is CC(C)c1cccc2[nH]c(CC3CCCNC3)nc12. The number of aromatic amines is 1. The van der Waals surface area contributed by atoms with Crippen molar-refractivity contribution >= 4 is 11.0 Å². The first kappa shape index (κ1) is 12.7. The van der Waals surface area contributed by atoms with Crippen LogP contribution in [0, 0.1) is 5.92 Å². The minimum atomic E-state index is 0.524. The predicted molar refractivity (Wildman–Crippen MR) is 79.5 cm³/mol. The van der Waals surface area contributed by atoms with E-state index in [9.17, 15) is 0 Å². The van der Waals surface area contributed by atoms with Crippen molar-refractivity contribution in [3.8, 4) is 0 Å². The second kappa shape index (κ2) is 5.33. The van der Waals surface area contributed by atoms with E-state index in [2.05, 4.69) is 42.3 Å². The molecule has 2 N–H and O–H groups in total. The number of nitrogens with zero attached hydrogens (tertiary/aromatic N) is 1. The van der Waals surface area contributed by atoms with Gasteiger partial charge in [0, 0.05) is 6.42 Å². The fourth-order valence-corrected chi connectivity index (χ4v) is 3.04. The summed E-state index contributed by atoms with van der Waals surface area (Å²) < 4.78 is 0. The molecule has 1 atom stereocenters. The highest BCUT2D eigenvalue weighted by molar-refractivity contribution is 5.79. The summed E-state index contributed by atoms with van der Waals surface area (Å²) in [5, 5.41) is 3.48. The molecule has 19 heavy (non-hydrogen) atoms. The van der Waals surface area contributed by atoms with Crippen molar-refractivity contribution in [2.24, 2.45) is 5.92 Å². The molecule has 3 nitrogen and oxygen atoms in total. The van der Waals surface area contributed by atoms with Gasteiger partial charge in [0.05, 0.1) is 11.0 Å². The minimum Gasteiger partial charge on any atom is -0.342 e. The lowest BCUT2D eigenvalue weighted by molar-refractivity contribution is 0.371. The maximum Gasteiger partial charge on any atom is 0.107 e. The van der Waals surface area contributed by atoms with E-state index in [1.807, 2.05) is 0 Å². The van der Waals surface area contributed by atoms with Crippen LogP contribution in [0.1, 0.15) is 44.0 Å². The van der Waals surface area contributed by atoms with Gasteiger partial charge >= 0.3 is 0 Å². The lowest BCUT2D eigenvalue weighted by Crippen LogP contribution is -2.31. The molecule has 1 unspecified atom stereocenters. The summed E-state index contributed by atoms with van der Waals surface area (Å²) in [6.45, 7) is 6.77. The summed E-state index contributed by atoms with van der Waals surface area (Å²) in [6, 6.07) is 6.46. The normalized spacial score (nSPS) is 20.3. The Kier molecular flexibility index (Phi) is 3.56. The largest absolute Gasteiger partial charge is 0.342 e. The van der Waals surface area contributed by atoms with Gasteiger partial charge in [0.15, 0.2) is 0 Å². The van der Waals surface area contributed by atoms with Gasteiger partial charge in [-0.15, -0.1) is 0 Å². The lowest BCUT2D eigenvalue weighted by atomic mass is 9.96. The van der Waals surface area contributed by atoms with E-state index in [-0.39, 0.29) is 0 Å². The molecule has 3 heteroatoms. The van der Waals surface area contributed by atoms with Gasteiger partial charge in [0.25, 0.3) is 0 Å². The molecule has 1 aliphatic heterocycles. The van der Waals surface area contributed by atoms with Crippen LogP contribution in [0.2, 0.25) is 0 Å². The number of nitrogens with one attached hydrogen (secondary N) is 2. The highest BCUT2D eigenvalue weighted by atomic mass is 14.9. The van der Waals surface area contributed by atoms with Gasteiger partial charge in [-0.05, 0) is 49.4 Å². The summed E-state index contributed by atoms with van der Waals surface area (Å²) in [5.41, 5.74) is 3.70. The molecular weight excluding hydrogens is 234 g/mol. The van der Waals surface area contributed by atoms with E-state index in [0.29, 0.717) is 5.92 Å². The van der Waals surface area contributed by atoms with Crippen molar-refractivity contribution in [2.75, 3.05) is 13.1 Å². The van der Waals surface area contributed by atoms with Crippen molar-refractivity contribution < 1.29 is 0 Å². The molecular formula is C16H23N3. The fourth-order valence-electron chi connectivity index (χ4n) is 3.04. The van der Waals surface area contributed by atoms with E-state index < -0.39 is 0 Å². The van der Waals surface area contributed by atoms with Crippen LogP contribution >= 0.6 is 0 Å². The Bertz CT molecular complexity index is 550. The van der Waals surface area contributed by atoms with E-state index in [1.165, 1.54) is 30.5 Å². The molecule has 1 saturated heterocycles. The first-order valence-corrected chi connectivity index (χ1v) is 7.42. The Morgan fingerprint density at radius 2 is 2.26 bits per heavy atom. The number of imidazole rings is 1. The number of aromatic nitrogens is 2. The maximum atomic E-state index is 4.84. The third-order valence-electron chi connectivity index (χ3n) is 4.10. The zero-order valence-electron chi connectivity index (χ0n) is 11.9. The van der Waals surface area contributed by atoms with Gasteiger partial charge in [-0.2, -0.15) is 0 Å². The molecule has 0 bridgehead atoms. The van der Waals surface area contributed by atoms with Crippen molar-refractivity contribution in [3.63, 3.8) is 0 Å². The number of hydrogen-bond acceptors (Lipinski definition) is 2. The summed E-state index contributed by atoms with van der Waals surface area (Å²) in [4.78, 5) is 8.34. The lowest BCUT2D eigenvalue weighted by Gasteiger charge is -2.21. The molecule has 1 fully saturated rings. The quantitative estimate of drug-likeness (QED) is 0.886. The molecule has 0 spiro atoms. The standard InChI is InChI=1S/C16H23N3/c1-11(2)13-6-3-7-14-16(13)19-15(18-14)9-12-5-4-8-17-10-12/h3,6-7,11-12,17H,4-5,8-10H2,1-2H3,(H,18,19). The van der Waals surface area contributed by atoms with Crippen LogP contribution in [0.25, 0.3) is 11.0 Å². The Hall–Kier alpha value is -1.35. The number of para-hydroxylation sites is 1. The monoisotopic (exact) mass is 257 g/mol. The highest BCUT2D eigenvalue weighted by Crippen LogP contribution is 2.24. The molecule has 2 aromatic rings. The van der Waals surface area contributed by atoms with Gasteiger partial charge < -0.3 is 10.3 Å². The number of hydrogen-bond donors (Lipinski definition) is 2. The van der Waals surface area contributed by atoms with Crippen LogP contribution in [0.3, 0.4) is 0 Å². The van der Waals surface area contributed by atoms with Gasteiger partial charge in [-0.25, -0.2) is 4.98 Å². The summed E-state index contributed by atoms with van der Waals surface area (Å²) in [5.74, 6) is 2.41. The van der Waals surface area contributed by atoms with Crippen LogP contribution in [0.4, 0.5) is 0 Å². The van der Waals surface area contributed by atoms with Gasteiger partial charge in [0.2, 0.25) is 0 Å². The van der Waals surface area contributed by atoms with Crippen LogP contribution in [-0.4, -0.2) is 23.1 Å². The Morgan fingerprint density at radius 1 is 1.37 bits per heavy atom. The van der Waals surface area contributed by atoms with E-state index >= 15 is 0 Å². The first-order valence-electron chi connectivity index (χ1n) is 7.42. The maximum absolute atomic E-state index is 4.84. The van der Waals surface area contributed by atoms with E-state index in [4.69, 9.17) is 4.98 Å². The first-order chi connectivity index (χ1) is 9.24. The zero-order chi connectivity index (χ0) is 13.2. The number of fused-ring (bicyclic) bond motifs is 1. The molecule has 1 aromatic carbocycles. The van der Waals surface area contributed by atoms with Crippen molar-refractivity contribution in [1.29, 1.82) is 0 Å². The number of piperidine rings is 1. The third-order valence-corrected chi connectivity index (χ3v) is 4.10. The summed E-state index contributed by atoms with van der Waals surface area (Å²) >= 11 is 0. The Balaban J connectivity index is 1.86. The number of rotatable bonds is 3. The molecule has 1 aliphatic rings. The van der Waals surface area contributed by atoms with Gasteiger partial charge in [-0.1, -0.05) is 26.0 Å². The van der Waals surface area contributed by atoms with Gasteiger partial charge in [-0.3, -0.25) is 0 Å². The minimum absolute atomic E-state index is 0.524. The topological polar surface area (TPSA) is 40.7 Å². The van der Waals surface area contributed by atoms with Crippen molar-refractivity contribution in [2.45, 2.75) is 39.0 Å². The molecule has 3 rings (SSSR count). The molecule has 0 aliphatic carbocycles. The number of H-pyrrole nitrogens is 1.